The lowest BCUT2D eigenvalue weighted by Crippen LogP contribution is -2.42. The number of amides is 1. The number of benzene rings is 3. The molecule has 1 unspecified atom stereocenters. The minimum Gasteiger partial charge on any atom is -0.480 e. The molecule has 0 bridgehead atoms. The lowest BCUT2D eigenvalue weighted by atomic mass is 10.0. The fraction of sp³-hybridized carbons (Fsp3) is 0.115. The molecule has 1 amide bonds. The third-order valence-corrected chi connectivity index (χ3v) is 5.08. The van der Waals surface area contributed by atoms with Gasteiger partial charge < -0.3 is 19.6 Å². The molecule has 0 spiro atoms. The van der Waals surface area contributed by atoms with E-state index in [2.05, 4.69) is 5.32 Å². The number of ether oxygens (including phenoxy) is 1. The van der Waals surface area contributed by atoms with E-state index < -0.39 is 18.1 Å². The largest absolute Gasteiger partial charge is 0.480 e. The molecule has 0 radical (unpaired) electrons. The van der Waals surface area contributed by atoms with E-state index in [-0.39, 0.29) is 18.8 Å². The molecular formula is C26H21NO6. The Labute approximate surface area is 189 Å². The second-order valence-electron chi connectivity index (χ2n) is 7.46. The van der Waals surface area contributed by atoms with Gasteiger partial charge in [-0.25, -0.2) is 9.59 Å². The first kappa shape index (κ1) is 21.8. The second-order valence-corrected chi connectivity index (χ2v) is 7.46. The number of carbonyl (C=O) groups is 3. The zero-order chi connectivity index (χ0) is 23.2. The van der Waals surface area contributed by atoms with Gasteiger partial charge in [-0.3, -0.25) is 4.79 Å². The molecule has 33 heavy (non-hydrogen) atoms. The van der Waals surface area contributed by atoms with Crippen molar-refractivity contribution >= 4 is 28.8 Å². The van der Waals surface area contributed by atoms with E-state index in [0.717, 1.165) is 5.56 Å². The molecule has 7 nitrogen and oxygen atoms in total. The van der Waals surface area contributed by atoms with Crippen molar-refractivity contribution in [1.82, 2.24) is 5.32 Å². The van der Waals surface area contributed by atoms with Gasteiger partial charge in [-0.2, -0.15) is 0 Å². The molecule has 0 aliphatic heterocycles. The van der Waals surface area contributed by atoms with E-state index in [1.54, 1.807) is 72.8 Å². The van der Waals surface area contributed by atoms with Crippen molar-refractivity contribution in [3.05, 3.63) is 107 Å². The monoisotopic (exact) mass is 443 g/mol. The van der Waals surface area contributed by atoms with Gasteiger partial charge in [0.05, 0.1) is 0 Å². The van der Waals surface area contributed by atoms with Crippen LogP contribution in [0.25, 0.3) is 11.0 Å². The highest BCUT2D eigenvalue weighted by Gasteiger charge is 2.21. The first-order valence-corrected chi connectivity index (χ1v) is 10.3. The van der Waals surface area contributed by atoms with Crippen molar-refractivity contribution in [2.24, 2.45) is 0 Å². The van der Waals surface area contributed by atoms with E-state index in [9.17, 15) is 19.5 Å². The standard InChI is InChI=1S/C26H21NO6/c28-24(18-9-5-2-6-10-18)19-11-12-23-20(14-19)15-21(33-23)16-32-26(31)27-22(25(29)30)13-17-7-3-1-4-8-17/h1-12,14-15,22H,13,16H2,(H,27,31)(H,29,30). The average Bonchev–Trinajstić information content (AvgIpc) is 3.25. The maximum Gasteiger partial charge on any atom is 0.408 e. The van der Waals surface area contributed by atoms with Crippen molar-refractivity contribution in [3.8, 4) is 0 Å². The molecule has 1 atom stereocenters. The summed E-state index contributed by atoms with van der Waals surface area (Å²) < 4.78 is 10.8. The van der Waals surface area contributed by atoms with Crippen molar-refractivity contribution < 1.29 is 28.6 Å². The third kappa shape index (κ3) is 5.46. The van der Waals surface area contributed by atoms with Crippen LogP contribution < -0.4 is 5.32 Å². The first-order chi connectivity index (χ1) is 16.0. The lowest BCUT2D eigenvalue weighted by molar-refractivity contribution is -0.139. The number of hydrogen-bond donors (Lipinski definition) is 2. The molecule has 4 aromatic rings. The van der Waals surface area contributed by atoms with Gasteiger partial charge >= 0.3 is 12.1 Å². The zero-order valence-electron chi connectivity index (χ0n) is 17.6. The summed E-state index contributed by atoms with van der Waals surface area (Å²) in [5, 5.41) is 12.5. The maximum absolute atomic E-state index is 12.6. The van der Waals surface area contributed by atoms with Gasteiger partial charge in [-0.05, 0) is 29.8 Å². The minimum atomic E-state index is -1.16. The number of alkyl carbamates (subject to hydrolysis) is 1. The Hall–Kier alpha value is -4.39. The van der Waals surface area contributed by atoms with Gasteiger partial charge in [0.2, 0.25) is 0 Å². The summed E-state index contributed by atoms with van der Waals surface area (Å²) in [6.07, 6.45) is -0.729. The SMILES string of the molecule is O=C(NC(Cc1ccccc1)C(=O)O)OCc1cc2cc(C(=O)c3ccccc3)ccc2o1. The summed E-state index contributed by atoms with van der Waals surface area (Å²) >= 11 is 0. The van der Waals surface area contributed by atoms with Crippen LogP contribution in [0, 0.1) is 0 Å². The summed E-state index contributed by atoms with van der Waals surface area (Å²) in [5.41, 5.74) is 2.43. The fourth-order valence-electron chi connectivity index (χ4n) is 3.44. The number of aliphatic carboxylic acids is 1. The van der Waals surface area contributed by atoms with Crippen molar-refractivity contribution in [3.63, 3.8) is 0 Å². The fourth-order valence-corrected chi connectivity index (χ4v) is 3.44. The zero-order valence-corrected chi connectivity index (χ0v) is 17.6. The third-order valence-electron chi connectivity index (χ3n) is 5.08. The van der Waals surface area contributed by atoms with E-state index in [4.69, 9.17) is 9.15 Å². The number of carboxylic acids is 1. The molecule has 0 saturated carbocycles. The molecule has 7 heteroatoms. The molecule has 0 saturated heterocycles. The van der Waals surface area contributed by atoms with Crippen molar-refractivity contribution in [2.75, 3.05) is 0 Å². The highest BCUT2D eigenvalue weighted by Crippen LogP contribution is 2.23. The highest BCUT2D eigenvalue weighted by atomic mass is 16.6. The molecule has 1 heterocycles. The smallest absolute Gasteiger partial charge is 0.408 e. The minimum absolute atomic E-state index is 0.103. The van der Waals surface area contributed by atoms with Crippen LogP contribution in [0.1, 0.15) is 27.2 Å². The number of rotatable bonds is 8. The second kappa shape index (κ2) is 9.82. The summed E-state index contributed by atoms with van der Waals surface area (Å²) in [4.78, 5) is 36.3. The molecular weight excluding hydrogens is 422 g/mol. The number of hydrogen-bond acceptors (Lipinski definition) is 5. The Kier molecular flexibility index (Phi) is 6.50. The Morgan fingerprint density at radius 1 is 0.879 bits per heavy atom. The summed E-state index contributed by atoms with van der Waals surface area (Å²) in [5.74, 6) is -0.886. The molecule has 0 aliphatic carbocycles. The van der Waals surface area contributed by atoms with Crippen molar-refractivity contribution in [1.29, 1.82) is 0 Å². The Bertz CT molecular complexity index is 1280. The van der Waals surface area contributed by atoms with Gasteiger partial charge in [0.1, 0.15) is 17.4 Å². The number of fused-ring (bicyclic) bond motifs is 1. The number of ketones is 1. The predicted octanol–water partition coefficient (Wildman–Crippen LogP) is 4.59. The van der Waals surface area contributed by atoms with Crippen LogP contribution in [0.2, 0.25) is 0 Å². The Balaban J connectivity index is 1.39. The maximum atomic E-state index is 12.6. The predicted molar refractivity (Wildman–Crippen MR) is 121 cm³/mol. The van der Waals surface area contributed by atoms with Crippen LogP contribution in [0.5, 0.6) is 0 Å². The van der Waals surface area contributed by atoms with Gasteiger partial charge in [0.25, 0.3) is 0 Å². The molecule has 166 valence electrons. The lowest BCUT2D eigenvalue weighted by Gasteiger charge is -2.14. The number of carboxylic acid groups (broad SMARTS) is 1. The Morgan fingerprint density at radius 2 is 1.58 bits per heavy atom. The van der Waals surface area contributed by atoms with Crippen LogP contribution in [-0.4, -0.2) is 29.0 Å². The quantitative estimate of drug-likeness (QED) is 0.386. The highest BCUT2D eigenvalue weighted by molar-refractivity contribution is 6.10. The summed E-state index contributed by atoms with van der Waals surface area (Å²) in [6.45, 7) is -0.180. The van der Waals surface area contributed by atoms with Gasteiger partial charge in [-0.1, -0.05) is 60.7 Å². The van der Waals surface area contributed by atoms with Gasteiger partial charge in [0, 0.05) is 22.9 Å². The van der Waals surface area contributed by atoms with E-state index >= 15 is 0 Å². The first-order valence-electron chi connectivity index (χ1n) is 10.3. The molecule has 0 fully saturated rings. The van der Waals surface area contributed by atoms with E-state index in [1.165, 1.54) is 0 Å². The van der Waals surface area contributed by atoms with Crippen LogP contribution in [0.15, 0.2) is 89.3 Å². The van der Waals surface area contributed by atoms with E-state index in [1.807, 2.05) is 12.1 Å². The number of carbonyl (C=O) groups excluding carboxylic acids is 2. The molecule has 4 rings (SSSR count). The number of furan rings is 1. The van der Waals surface area contributed by atoms with Crippen LogP contribution in [0.3, 0.4) is 0 Å². The molecule has 3 aromatic carbocycles. The van der Waals surface area contributed by atoms with Gasteiger partial charge in [-0.15, -0.1) is 0 Å². The average molecular weight is 443 g/mol. The molecule has 2 N–H and O–H groups in total. The normalized spacial score (nSPS) is 11.6. The van der Waals surface area contributed by atoms with Crippen LogP contribution in [0.4, 0.5) is 4.79 Å². The Morgan fingerprint density at radius 3 is 2.27 bits per heavy atom. The number of nitrogens with one attached hydrogen (secondary N) is 1. The van der Waals surface area contributed by atoms with Crippen LogP contribution in [-0.2, 0) is 22.6 Å². The van der Waals surface area contributed by atoms with E-state index in [0.29, 0.717) is 27.9 Å². The molecule has 1 aromatic heterocycles. The summed E-state index contributed by atoms with van der Waals surface area (Å²) in [7, 11) is 0. The van der Waals surface area contributed by atoms with Gasteiger partial charge in [0.15, 0.2) is 12.4 Å². The van der Waals surface area contributed by atoms with Crippen LogP contribution >= 0.6 is 0 Å². The van der Waals surface area contributed by atoms with Crippen molar-refractivity contribution in [2.45, 2.75) is 19.1 Å². The topological polar surface area (TPSA) is 106 Å². The summed E-state index contributed by atoms with van der Waals surface area (Å²) in [6, 6.07) is 23.6. The molecule has 0 aliphatic rings.